The van der Waals surface area contributed by atoms with Crippen LogP contribution in [0.25, 0.3) is 10.1 Å². The van der Waals surface area contributed by atoms with E-state index in [2.05, 4.69) is 17.5 Å². The maximum absolute atomic E-state index is 11.5. The second-order valence-corrected chi connectivity index (χ2v) is 5.64. The Bertz CT molecular complexity index is 552. The zero-order chi connectivity index (χ0) is 13.2. The van der Waals surface area contributed by atoms with Crippen molar-refractivity contribution in [3.05, 3.63) is 35.2 Å². The summed E-state index contributed by atoms with van der Waals surface area (Å²) in [6, 6.07) is 8.20. The van der Waals surface area contributed by atoms with E-state index in [0.29, 0.717) is 19.3 Å². The van der Waals surface area contributed by atoms with Crippen molar-refractivity contribution in [2.24, 2.45) is 5.41 Å². The lowest BCUT2D eigenvalue weighted by molar-refractivity contribution is -0.149. The van der Waals surface area contributed by atoms with Crippen molar-refractivity contribution in [3.8, 4) is 0 Å². The van der Waals surface area contributed by atoms with E-state index >= 15 is 0 Å². The number of hydrogen-bond donors (Lipinski definition) is 1. The summed E-state index contributed by atoms with van der Waals surface area (Å²) in [4.78, 5) is 11.5. The summed E-state index contributed by atoms with van der Waals surface area (Å²) in [5, 5.41) is 12.8. The molecular formula is C15H18O2S. The van der Waals surface area contributed by atoms with Gasteiger partial charge in [-0.2, -0.15) is 0 Å². The molecule has 96 valence electrons. The highest BCUT2D eigenvalue weighted by molar-refractivity contribution is 7.17. The highest BCUT2D eigenvalue weighted by Gasteiger charge is 2.35. The van der Waals surface area contributed by atoms with Crippen LogP contribution in [0.15, 0.2) is 29.6 Å². The van der Waals surface area contributed by atoms with Gasteiger partial charge in [0.15, 0.2) is 0 Å². The molecule has 0 aliphatic rings. The van der Waals surface area contributed by atoms with Gasteiger partial charge in [0.1, 0.15) is 0 Å². The molecule has 0 saturated carbocycles. The number of rotatable bonds is 5. The minimum atomic E-state index is -0.678. The van der Waals surface area contributed by atoms with Gasteiger partial charge in [-0.25, -0.2) is 0 Å². The third kappa shape index (κ3) is 2.15. The van der Waals surface area contributed by atoms with Gasteiger partial charge >= 0.3 is 5.97 Å². The smallest absolute Gasteiger partial charge is 0.309 e. The highest BCUT2D eigenvalue weighted by Crippen LogP contribution is 2.36. The zero-order valence-corrected chi connectivity index (χ0v) is 11.6. The Morgan fingerprint density at radius 2 is 1.94 bits per heavy atom. The molecule has 0 fully saturated rings. The number of carboxylic acid groups (broad SMARTS) is 1. The van der Waals surface area contributed by atoms with Gasteiger partial charge < -0.3 is 5.11 Å². The van der Waals surface area contributed by atoms with Crippen LogP contribution in [0.3, 0.4) is 0 Å². The molecule has 3 heteroatoms. The molecule has 0 radical (unpaired) electrons. The summed E-state index contributed by atoms with van der Waals surface area (Å²) in [5.41, 5.74) is 0.547. The first-order valence-electron chi connectivity index (χ1n) is 6.31. The maximum atomic E-state index is 11.5. The molecule has 0 atom stereocenters. The first-order chi connectivity index (χ1) is 8.63. The molecule has 0 amide bonds. The van der Waals surface area contributed by atoms with Crippen molar-refractivity contribution in [2.45, 2.75) is 33.1 Å². The zero-order valence-electron chi connectivity index (χ0n) is 10.8. The SMILES string of the molecule is CCC(CC)(Cc1csc2ccccc12)C(=O)O. The van der Waals surface area contributed by atoms with Crippen LogP contribution >= 0.6 is 11.3 Å². The summed E-state index contributed by atoms with van der Waals surface area (Å²) < 4.78 is 1.24. The molecule has 1 aromatic heterocycles. The van der Waals surface area contributed by atoms with E-state index in [1.54, 1.807) is 11.3 Å². The van der Waals surface area contributed by atoms with Gasteiger partial charge in [-0.05, 0) is 41.7 Å². The number of thiophene rings is 1. The van der Waals surface area contributed by atoms with Gasteiger partial charge in [0, 0.05) is 4.70 Å². The van der Waals surface area contributed by atoms with Crippen molar-refractivity contribution in [2.75, 3.05) is 0 Å². The molecule has 0 unspecified atom stereocenters. The van der Waals surface area contributed by atoms with Gasteiger partial charge in [0.2, 0.25) is 0 Å². The van der Waals surface area contributed by atoms with Crippen molar-refractivity contribution in [3.63, 3.8) is 0 Å². The molecule has 0 aliphatic heterocycles. The largest absolute Gasteiger partial charge is 0.481 e. The van der Waals surface area contributed by atoms with Crippen molar-refractivity contribution in [1.29, 1.82) is 0 Å². The first kappa shape index (κ1) is 13.1. The lowest BCUT2D eigenvalue weighted by atomic mass is 9.77. The van der Waals surface area contributed by atoms with Crippen molar-refractivity contribution in [1.82, 2.24) is 0 Å². The summed E-state index contributed by atoms with van der Waals surface area (Å²) >= 11 is 1.69. The van der Waals surface area contributed by atoms with Crippen LogP contribution in [0.4, 0.5) is 0 Å². The Morgan fingerprint density at radius 1 is 1.28 bits per heavy atom. The maximum Gasteiger partial charge on any atom is 0.309 e. The predicted molar refractivity (Wildman–Crippen MR) is 76.2 cm³/mol. The van der Waals surface area contributed by atoms with Gasteiger partial charge in [-0.3, -0.25) is 4.79 Å². The van der Waals surface area contributed by atoms with Crippen LogP contribution in [0.5, 0.6) is 0 Å². The first-order valence-corrected chi connectivity index (χ1v) is 7.19. The average Bonchev–Trinajstić information content (AvgIpc) is 2.79. The molecule has 1 N–H and O–H groups in total. The Kier molecular flexibility index (Phi) is 3.71. The molecule has 0 bridgehead atoms. The van der Waals surface area contributed by atoms with E-state index in [1.165, 1.54) is 15.6 Å². The van der Waals surface area contributed by atoms with E-state index in [4.69, 9.17) is 0 Å². The standard InChI is InChI=1S/C15H18O2S/c1-3-15(4-2,14(16)17)9-11-10-18-13-8-6-5-7-12(11)13/h5-8,10H,3-4,9H2,1-2H3,(H,16,17). The molecule has 2 aromatic rings. The summed E-state index contributed by atoms with van der Waals surface area (Å²) in [5.74, 6) is -0.678. The number of benzene rings is 1. The fourth-order valence-electron chi connectivity index (χ4n) is 2.41. The number of hydrogen-bond acceptors (Lipinski definition) is 2. The fourth-order valence-corrected chi connectivity index (χ4v) is 3.38. The quantitative estimate of drug-likeness (QED) is 0.870. The predicted octanol–water partition coefficient (Wildman–Crippen LogP) is 4.33. The Morgan fingerprint density at radius 3 is 2.56 bits per heavy atom. The second-order valence-electron chi connectivity index (χ2n) is 4.73. The number of carbonyl (C=O) groups is 1. The minimum Gasteiger partial charge on any atom is -0.481 e. The van der Waals surface area contributed by atoms with Gasteiger partial charge in [0.05, 0.1) is 5.41 Å². The summed E-state index contributed by atoms with van der Waals surface area (Å²) in [6.45, 7) is 3.93. The Hall–Kier alpha value is -1.35. The van der Waals surface area contributed by atoms with Crippen LogP contribution < -0.4 is 0 Å². The summed E-state index contributed by atoms with van der Waals surface area (Å²) in [6.07, 6.45) is 1.96. The third-order valence-electron chi connectivity index (χ3n) is 3.90. The monoisotopic (exact) mass is 262 g/mol. The lowest BCUT2D eigenvalue weighted by Crippen LogP contribution is -2.31. The Labute approximate surface area is 111 Å². The number of carboxylic acids is 1. The van der Waals surface area contributed by atoms with E-state index in [0.717, 1.165) is 0 Å². The van der Waals surface area contributed by atoms with E-state index in [-0.39, 0.29) is 0 Å². The second kappa shape index (κ2) is 5.11. The summed E-state index contributed by atoms with van der Waals surface area (Å²) in [7, 11) is 0. The molecule has 1 heterocycles. The molecule has 0 aliphatic carbocycles. The molecule has 2 nitrogen and oxygen atoms in total. The van der Waals surface area contributed by atoms with Gasteiger partial charge in [-0.15, -0.1) is 11.3 Å². The van der Waals surface area contributed by atoms with Crippen molar-refractivity contribution >= 4 is 27.4 Å². The average molecular weight is 262 g/mol. The number of fused-ring (bicyclic) bond motifs is 1. The highest BCUT2D eigenvalue weighted by atomic mass is 32.1. The van der Waals surface area contributed by atoms with Gasteiger partial charge in [-0.1, -0.05) is 32.0 Å². The van der Waals surface area contributed by atoms with Crippen molar-refractivity contribution < 1.29 is 9.90 Å². The minimum absolute atomic E-state index is 0.621. The fraction of sp³-hybridized carbons (Fsp3) is 0.400. The lowest BCUT2D eigenvalue weighted by Gasteiger charge is -2.26. The molecule has 0 saturated heterocycles. The number of aliphatic carboxylic acids is 1. The molecule has 1 aromatic carbocycles. The van der Waals surface area contributed by atoms with Crippen LogP contribution in [-0.4, -0.2) is 11.1 Å². The normalized spacial score (nSPS) is 11.9. The van der Waals surface area contributed by atoms with Crippen LogP contribution in [-0.2, 0) is 11.2 Å². The van der Waals surface area contributed by atoms with Crippen LogP contribution in [0.2, 0.25) is 0 Å². The van der Waals surface area contributed by atoms with E-state index in [9.17, 15) is 9.90 Å². The molecule has 18 heavy (non-hydrogen) atoms. The van der Waals surface area contributed by atoms with Crippen LogP contribution in [0.1, 0.15) is 32.3 Å². The molecule has 0 spiro atoms. The third-order valence-corrected chi connectivity index (χ3v) is 4.91. The van der Waals surface area contributed by atoms with E-state index in [1.807, 2.05) is 26.0 Å². The molecule has 2 rings (SSSR count). The Balaban J connectivity index is 2.40. The van der Waals surface area contributed by atoms with Gasteiger partial charge in [0.25, 0.3) is 0 Å². The topological polar surface area (TPSA) is 37.3 Å². The van der Waals surface area contributed by atoms with Crippen LogP contribution in [0, 0.1) is 5.41 Å². The molecular weight excluding hydrogens is 244 g/mol. The van der Waals surface area contributed by atoms with E-state index < -0.39 is 11.4 Å².